The summed E-state index contributed by atoms with van der Waals surface area (Å²) >= 11 is 0. The Morgan fingerprint density at radius 1 is 1.16 bits per heavy atom. The maximum Gasteiger partial charge on any atom is 0.387 e. The SMILES string of the molecule is CCOc1cccc(COC(=O)c2cccc(S(=O)(=O)N3CCOCC3)c2)c1OC(F)F. The number of para-hydroxylation sites is 1. The van der Waals surface area contributed by atoms with Crippen LogP contribution in [0.1, 0.15) is 22.8 Å². The Hall–Kier alpha value is -2.76. The van der Waals surface area contributed by atoms with Crippen LogP contribution in [0.5, 0.6) is 11.5 Å². The topological polar surface area (TPSA) is 91.4 Å². The van der Waals surface area contributed by atoms with Gasteiger partial charge in [0.05, 0.1) is 30.3 Å². The molecule has 0 bridgehead atoms. The molecule has 0 radical (unpaired) electrons. The molecular weight excluding hydrogens is 448 g/mol. The number of benzene rings is 2. The molecule has 8 nitrogen and oxygen atoms in total. The second-order valence-corrected chi connectivity index (χ2v) is 8.61. The number of carbonyl (C=O) groups excluding carboxylic acids is 1. The first-order chi connectivity index (χ1) is 15.3. The smallest absolute Gasteiger partial charge is 0.387 e. The van der Waals surface area contributed by atoms with Crippen molar-refractivity contribution >= 4 is 16.0 Å². The highest BCUT2D eigenvalue weighted by Crippen LogP contribution is 2.33. The lowest BCUT2D eigenvalue weighted by Gasteiger charge is -2.26. The Morgan fingerprint density at radius 3 is 2.56 bits per heavy atom. The molecule has 1 aliphatic rings. The van der Waals surface area contributed by atoms with Crippen molar-refractivity contribution in [2.24, 2.45) is 0 Å². The molecule has 0 atom stereocenters. The Kier molecular flexibility index (Phi) is 7.99. The van der Waals surface area contributed by atoms with Crippen LogP contribution in [0.4, 0.5) is 8.78 Å². The molecule has 1 aliphatic heterocycles. The molecule has 11 heteroatoms. The summed E-state index contributed by atoms with van der Waals surface area (Å²) in [5, 5.41) is 0. The molecular formula is C21H23F2NO7S. The normalized spacial score (nSPS) is 14.9. The van der Waals surface area contributed by atoms with Gasteiger partial charge in [0.1, 0.15) is 6.61 Å². The van der Waals surface area contributed by atoms with E-state index >= 15 is 0 Å². The van der Waals surface area contributed by atoms with Crippen molar-refractivity contribution in [1.29, 1.82) is 0 Å². The lowest BCUT2D eigenvalue weighted by molar-refractivity contribution is -0.0526. The first-order valence-corrected chi connectivity index (χ1v) is 11.3. The number of ether oxygens (including phenoxy) is 4. The van der Waals surface area contributed by atoms with E-state index in [2.05, 4.69) is 4.74 Å². The average Bonchev–Trinajstić information content (AvgIpc) is 2.79. The number of nitrogens with zero attached hydrogens (tertiary/aromatic N) is 1. The van der Waals surface area contributed by atoms with Crippen LogP contribution in [0.25, 0.3) is 0 Å². The molecule has 0 aliphatic carbocycles. The zero-order valence-electron chi connectivity index (χ0n) is 17.3. The van der Waals surface area contributed by atoms with Crippen LogP contribution < -0.4 is 9.47 Å². The third-order valence-electron chi connectivity index (χ3n) is 4.60. The van der Waals surface area contributed by atoms with Crippen LogP contribution >= 0.6 is 0 Å². The van der Waals surface area contributed by atoms with Crippen molar-refractivity contribution in [1.82, 2.24) is 4.31 Å². The number of esters is 1. The van der Waals surface area contributed by atoms with Crippen molar-refractivity contribution in [3.05, 3.63) is 53.6 Å². The summed E-state index contributed by atoms with van der Waals surface area (Å²) < 4.78 is 72.8. The Morgan fingerprint density at radius 2 is 1.88 bits per heavy atom. The van der Waals surface area contributed by atoms with Crippen molar-refractivity contribution in [3.63, 3.8) is 0 Å². The van der Waals surface area contributed by atoms with E-state index in [-0.39, 0.29) is 53.8 Å². The average molecular weight is 471 g/mol. The largest absolute Gasteiger partial charge is 0.490 e. The Bertz CT molecular complexity index is 1040. The Labute approximate surface area is 184 Å². The van der Waals surface area contributed by atoms with Gasteiger partial charge in [-0.05, 0) is 31.2 Å². The van der Waals surface area contributed by atoms with Crippen LogP contribution in [0.2, 0.25) is 0 Å². The number of halogens is 2. The van der Waals surface area contributed by atoms with Crippen molar-refractivity contribution in [2.75, 3.05) is 32.9 Å². The molecule has 174 valence electrons. The van der Waals surface area contributed by atoms with Gasteiger partial charge in [-0.25, -0.2) is 13.2 Å². The maximum absolute atomic E-state index is 12.8. The minimum Gasteiger partial charge on any atom is -0.490 e. The van der Waals surface area contributed by atoms with Crippen LogP contribution in [-0.4, -0.2) is 58.2 Å². The predicted octanol–water partition coefficient (Wildman–Crippen LogP) is 3.06. The number of morpholine rings is 1. The van der Waals surface area contributed by atoms with Gasteiger partial charge in [-0.3, -0.25) is 0 Å². The van der Waals surface area contributed by atoms with Gasteiger partial charge < -0.3 is 18.9 Å². The van der Waals surface area contributed by atoms with Gasteiger partial charge in [-0.15, -0.1) is 0 Å². The quantitative estimate of drug-likeness (QED) is 0.519. The van der Waals surface area contributed by atoms with Crippen LogP contribution in [0.3, 0.4) is 0 Å². The van der Waals surface area contributed by atoms with Crippen LogP contribution in [0.15, 0.2) is 47.4 Å². The van der Waals surface area contributed by atoms with Crippen LogP contribution in [-0.2, 0) is 26.1 Å². The fraction of sp³-hybridized carbons (Fsp3) is 0.381. The number of sulfonamides is 1. The van der Waals surface area contributed by atoms with Crippen LogP contribution in [0, 0.1) is 0 Å². The summed E-state index contributed by atoms with van der Waals surface area (Å²) in [6.45, 7) is -0.504. The highest BCUT2D eigenvalue weighted by molar-refractivity contribution is 7.89. The van der Waals surface area contributed by atoms with E-state index in [1.807, 2.05) is 0 Å². The molecule has 32 heavy (non-hydrogen) atoms. The number of alkyl halides is 2. The summed E-state index contributed by atoms with van der Waals surface area (Å²) in [6.07, 6.45) is 0. The zero-order valence-corrected chi connectivity index (χ0v) is 18.1. The Balaban J connectivity index is 1.76. The standard InChI is InChI=1S/C21H23F2NO7S/c1-2-29-18-8-4-6-16(19(18)31-21(22)23)14-30-20(25)15-5-3-7-17(13-15)32(26,27)24-9-11-28-12-10-24/h3-8,13,21H,2,9-12,14H2,1H3. The van der Waals surface area contributed by atoms with E-state index in [9.17, 15) is 22.0 Å². The number of hydrogen-bond donors (Lipinski definition) is 0. The van der Waals surface area contributed by atoms with Crippen molar-refractivity contribution in [2.45, 2.75) is 25.0 Å². The predicted molar refractivity (Wildman–Crippen MR) is 109 cm³/mol. The number of rotatable bonds is 9. The fourth-order valence-corrected chi connectivity index (χ4v) is 4.57. The molecule has 0 N–H and O–H groups in total. The minimum absolute atomic E-state index is 0.0108. The molecule has 1 heterocycles. The minimum atomic E-state index is -3.79. The molecule has 3 rings (SSSR count). The summed E-state index contributed by atoms with van der Waals surface area (Å²) in [5.74, 6) is -0.936. The molecule has 0 aromatic heterocycles. The van der Waals surface area contributed by atoms with Gasteiger partial charge in [0, 0.05) is 18.7 Å². The monoisotopic (exact) mass is 471 g/mol. The second-order valence-electron chi connectivity index (χ2n) is 6.68. The molecule has 0 unspecified atom stereocenters. The first-order valence-electron chi connectivity index (χ1n) is 9.87. The summed E-state index contributed by atoms with van der Waals surface area (Å²) in [7, 11) is -3.79. The summed E-state index contributed by atoms with van der Waals surface area (Å²) in [4.78, 5) is 12.5. The maximum atomic E-state index is 12.8. The molecule has 2 aromatic carbocycles. The third-order valence-corrected chi connectivity index (χ3v) is 6.50. The first kappa shape index (κ1) is 23.9. The van der Waals surface area contributed by atoms with Gasteiger partial charge in [-0.1, -0.05) is 18.2 Å². The lowest BCUT2D eigenvalue weighted by atomic mass is 10.2. The van der Waals surface area contributed by atoms with E-state index in [0.29, 0.717) is 13.2 Å². The molecule has 0 saturated carbocycles. The second kappa shape index (κ2) is 10.7. The lowest BCUT2D eigenvalue weighted by Crippen LogP contribution is -2.40. The fourth-order valence-electron chi connectivity index (χ4n) is 3.11. The molecule has 1 fully saturated rings. The van der Waals surface area contributed by atoms with Gasteiger partial charge in [0.25, 0.3) is 0 Å². The van der Waals surface area contributed by atoms with Gasteiger partial charge in [-0.2, -0.15) is 13.1 Å². The van der Waals surface area contributed by atoms with E-state index < -0.39 is 22.6 Å². The van der Waals surface area contributed by atoms with Gasteiger partial charge >= 0.3 is 12.6 Å². The molecule has 0 amide bonds. The summed E-state index contributed by atoms with van der Waals surface area (Å²) in [6, 6.07) is 9.95. The number of carbonyl (C=O) groups is 1. The third kappa shape index (κ3) is 5.72. The molecule has 2 aromatic rings. The van der Waals surface area contributed by atoms with Crippen molar-refractivity contribution in [3.8, 4) is 11.5 Å². The van der Waals surface area contributed by atoms with E-state index in [4.69, 9.17) is 14.2 Å². The number of hydrogen-bond acceptors (Lipinski definition) is 7. The van der Waals surface area contributed by atoms with E-state index in [1.165, 1.54) is 40.7 Å². The summed E-state index contributed by atoms with van der Waals surface area (Å²) in [5.41, 5.74) is 0.193. The van der Waals surface area contributed by atoms with Crippen molar-refractivity contribution < 1.29 is 40.9 Å². The van der Waals surface area contributed by atoms with E-state index in [0.717, 1.165) is 0 Å². The highest BCUT2D eigenvalue weighted by Gasteiger charge is 2.27. The van der Waals surface area contributed by atoms with Gasteiger partial charge in [0.15, 0.2) is 11.5 Å². The molecule has 0 spiro atoms. The molecule has 1 saturated heterocycles. The zero-order chi connectivity index (χ0) is 23.1. The highest BCUT2D eigenvalue weighted by atomic mass is 32.2. The van der Waals surface area contributed by atoms with Gasteiger partial charge in [0.2, 0.25) is 10.0 Å². The van der Waals surface area contributed by atoms with E-state index in [1.54, 1.807) is 13.0 Å².